The highest BCUT2D eigenvalue weighted by atomic mass is 14.2. The molecule has 0 spiro atoms. The summed E-state index contributed by atoms with van der Waals surface area (Å²) in [4.78, 5) is 0. The van der Waals surface area contributed by atoms with E-state index in [9.17, 15) is 0 Å². The fourth-order valence-corrected chi connectivity index (χ4v) is 1.38. The van der Waals surface area contributed by atoms with Gasteiger partial charge in [-0.15, -0.1) is 0 Å². The van der Waals surface area contributed by atoms with E-state index in [1.54, 1.807) is 0 Å². The Morgan fingerprint density at radius 1 is 0.917 bits per heavy atom. The van der Waals surface area contributed by atoms with Crippen molar-refractivity contribution < 1.29 is 0 Å². The molecule has 76 valence electrons. The molecule has 2 unspecified atom stereocenters. The lowest BCUT2D eigenvalue weighted by atomic mass is 9.84. The highest BCUT2D eigenvalue weighted by Gasteiger charge is 2.13. The van der Waals surface area contributed by atoms with Crippen LogP contribution in [0.1, 0.15) is 61.3 Å². The molecule has 0 radical (unpaired) electrons. The Kier molecular flexibility index (Phi) is 11.0. The predicted molar refractivity (Wildman–Crippen MR) is 59.4 cm³/mol. The standard InChI is InChI=1S/C10H22.C2H6/c1-6-7-9(4)10(5)8(2)3;1-2/h8-10H,6-7H2,1-5H3;1-2H3. The van der Waals surface area contributed by atoms with Crippen molar-refractivity contribution in [3.05, 3.63) is 0 Å². The maximum absolute atomic E-state index is 2.37. The van der Waals surface area contributed by atoms with Gasteiger partial charge in [0, 0.05) is 0 Å². The van der Waals surface area contributed by atoms with Crippen molar-refractivity contribution in [1.29, 1.82) is 0 Å². The zero-order valence-corrected chi connectivity index (χ0v) is 10.1. The van der Waals surface area contributed by atoms with Gasteiger partial charge in [0.15, 0.2) is 0 Å². The van der Waals surface area contributed by atoms with Crippen molar-refractivity contribution in [2.24, 2.45) is 17.8 Å². The molecule has 0 aliphatic rings. The first kappa shape index (κ1) is 14.5. The quantitative estimate of drug-likeness (QED) is 0.574. The van der Waals surface area contributed by atoms with Gasteiger partial charge in [-0.25, -0.2) is 0 Å². The smallest absolute Gasteiger partial charge is 0.0394 e. The molecule has 0 amide bonds. The van der Waals surface area contributed by atoms with Gasteiger partial charge < -0.3 is 0 Å². The van der Waals surface area contributed by atoms with Crippen LogP contribution in [-0.2, 0) is 0 Å². The summed E-state index contributed by atoms with van der Waals surface area (Å²) < 4.78 is 0. The zero-order valence-electron chi connectivity index (χ0n) is 10.1. The Labute approximate surface area is 79.8 Å². The molecule has 0 rings (SSSR count). The molecule has 0 heteroatoms. The molecule has 0 aliphatic carbocycles. The molecule has 0 heterocycles. The Balaban J connectivity index is 0. The summed E-state index contributed by atoms with van der Waals surface area (Å²) >= 11 is 0. The summed E-state index contributed by atoms with van der Waals surface area (Å²) in [6.07, 6.45) is 2.72. The Morgan fingerprint density at radius 2 is 1.33 bits per heavy atom. The fourth-order valence-electron chi connectivity index (χ4n) is 1.38. The molecule has 0 bridgehead atoms. The van der Waals surface area contributed by atoms with Gasteiger partial charge in [-0.1, -0.05) is 61.3 Å². The molecular formula is C12H28. The van der Waals surface area contributed by atoms with E-state index in [1.807, 2.05) is 13.8 Å². The van der Waals surface area contributed by atoms with E-state index in [2.05, 4.69) is 34.6 Å². The van der Waals surface area contributed by atoms with E-state index in [0.29, 0.717) is 0 Å². The third-order valence-electron chi connectivity index (χ3n) is 2.69. The average molecular weight is 172 g/mol. The summed E-state index contributed by atoms with van der Waals surface area (Å²) in [5.74, 6) is 2.64. The van der Waals surface area contributed by atoms with Crippen molar-refractivity contribution >= 4 is 0 Å². The van der Waals surface area contributed by atoms with Crippen LogP contribution in [0.3, 0.4) is 0 Å². The van der Waals surface area contributed by atoms with Gasteiger partial charge in [-0.05, 0) is 17.8 Å². The van der Waals surface area contributed by atoms with Gasteiger partial charge >= 0.3 is 0 Å². The van der Waals surface area contributed by atoms with Crippen molar-refractivity contribution in [1.82, 2.24) is 0 Å². The fraction of sp³-hybridized carbons (Fsp3) is 1.00. The van der Waals surface area contributed by atoms with Crippen molar-refractivity contribution in [3.8, 4) is 0 Å². The lowest BCUT2D eigenvalue weighted by Gasteiger charge is -2.22. The first-order valence-corrected chi connectivity index (χ1v) is 5.59. The minimum Gasteiger partial charge on any atom is -0.0683 e. The van der Waals surface area contributed by atoms with Crippen molar-refractivity contribution in [3.63, 3.8) is 0 Å². The van der Waals surface area contributed by atoms with Crippen LogP contribution >= 0.6 is 0 Å². The maximum atomic E-state index is 2.37. The molecule has 12 heavy (non-hydrogen) atoms. The van der Waals surface area contributed by atoms with E-state index in [4.69, 9.17) is 0 Å². The van der Waals surface area contributed by atoms with Gasteiger partial charge in [0.2, 0.25) is 0 Å². The lowest BCUT2D eigenvalue weighted by molar-refractivity contribution is 0.280. The third-order valence-corrected chi connectivity index (χ3v) is 2.69. The first-order chi connectivity index (χ1) is 5.59. The lowest BCUT2D eigenvalue weighted by Crippen LogP contribution is -2.13. The normalized spacial score (nSPS) is 15.0. The number of hydrogen-bond donors (Lipinski definition) is 0. The Hall–Kier alpha value is 0. The van der Waals surface area contributed by atoms with Crippen molar-refractivity contribution in [2.45, 2.75) is 61.3 Å². The second kappa shape index (κ2) is 9.09. The number of rotatable bonds is 4. The minimum atomic E-state index is 0.849. The van der Waals surface area contributed by atoms with Crippen LogP contribution in [0.5, 0.6) is 0 Å². The maximum Gasteiger partial charge on any atom is -0.0394 e. The van der Waals surface area contributed by atoms with Gasteiger partial charge in [0.05, 0.1) is 0 Å². The van der Waals surface area contributed by atoms with Crippen molar-refractivity contribution in [2.75, 3.05) is 0 Å². The SMILES string of the molecule is CC.CCCC(C)C(C)C(C)C. The second-order valence-corrected chi connectivity index (χ2v) is 3.87. The summed E-state index contributed by atoms with van der Waals surface area (Å²) in [6.45, 7) is 15.6. The third kappa shape index (κ3) is 6.69. The van der Waals surface area contributed by atoms with E-state index >= 15 is 0 Å². The van der Waals surface area contributed by atoms with Crippen LogP contribution in [0, 0.1) is 17.8 Å². The topological polar surface area (TPSA) is 0 Å². The van der Waals surface area contributed by atoms with Gasteiger partial charge in [-0.3, -0.25) is 0 Å². The summed E-state index contributed by atoms with van der Waals surface area (Å²) in [7, 11) is 0. The van der Waals surface area contributed by atoms with Crippen LogP contribution < -0.4 is 0 Å². The number of hydrogen-bond acceptors (Lipinski definition) is 0. The van der Waals surface area contributed by atoms with Crippen LogP contribution in [0.2, 0.25) is 0 Å². The molecule has 0 aromatic heterocycles. The van der Waals surface area contributed by atoms with Gasteiger partial charge in [0.1, 0.15) is 0 Å². The molecule has 0 N–H and O–H groups in total. The van der Waals surface area contributed by atoms with E-state index in [0.717, 1.165) is 17.8 Å². The van der Waals surface area contributed by atoms with E-state index in [-0.39, 0.29) is 0 Å². The minimum absolute atomic E-state index is 0.849. The van der Waals surface area contributed by atoms with Crippen LogP contribution in [0.15, 0.2) is 0 Å². The molecule has 0 fully saturated rings. The predicted octanol–water partition coefficient (Wildman–Crippen LogP) is 4.74. The van der Waals surface area contributed by atoms with Crippen LogP contribution in [0.25, 0.3) is 0 Å². The largest absolute Gasteiger partial charge is 0.0683 e. The molecule has 2 atom stereocenters. The Bertz CT molecular complexity index is 74.1. The van der Waals surface area contributed by atoms with Crippen LogP contribution in [-0.4, -0.2) is 0 Å². The summed E-state index contributed by atoms with van der Waals surface area (Å²) in [5.41, 5.74) is 0. The van der Waals surface area contributed by atoms with Crippen LogP contribution in [0.4, 0.5) is 0 Å². The molecule has 0 aliphatic heterocycles. The second-order valence-electron chi connectivity index (χ2n) is 3.87. The highest BCUT2D eigenvalue weighted by molar-refractivity contribution is 4.64. The first-order valence-electron chi connectivity index (χ1n) is 5.59. The average Bonchev–Trinajstić information content (AvgIpc) is 2.07. The summed E-state index contributed by atoms with van der Waals surface area (Å²) in [6, 6.07) is 0. The van der Waals surface area contributed by atoms with Gasteiger partial charge in [-0.2, -0.15) is 0 Å². The van der Waals surface area contributed by atoms with E-state index in [1.165, 1.54) is 12.8 Å². The zero-order chi connectivity index (χ0) is 10.1. The molecule has 0 aromatic carbocycles. The monoisotopic (exact) mass is 172 g/mol. The highest BCUT2D eigenvalue weighted by Crippen LogP contribution is 2.23. The van der Waals surface area contributed by atoms with Gasteiger partial charge in [0.25, 0.3) is 0 Å². The Morgan fingerprint density at radius 3 is 1.58 bits per heavy atom. The molecule has 0 saturated carbocycles. The van der Waals surface area contributed by atoms with E-state index < -0.39 is 0 Å². The summed E-state index contributed by atoms with van der Waals surface area (Å²) in [5, 5.41) is 0. The molecule has 0 nitrogen and oxygen atoms in total. The molecule has 0 saturated heterocycles. The molecular weight excluding hydrogens is 144 g/mol. The molecule has 0 aromatic rings.